The molecule has 1 aliphatic carbocycles. The fourth-order valence-corrected chi connectivity index (χ4v) is 10.5. The second-order valence-electron chi connectivity index (χ2n) is 23.2. The van der Waals surface area contributed by atoms with Crippen molar-refractivity contribution in [3.05, 3.63) is 255 Å². The van der Waals surface area contributed by atoms with Crippen molar-refractivity contribution in [2.24, 2.45) is 30.0 Å². The highest BCUT2D eigenvalue weighted by Gasteiger charge is 2.27. The molecule has 0 spiro atoms. The summed E-state index contributed by atoms with van der Waals surface area (Å²) in [6.45, 7) is 34.5. The number of para-hydroxylation sites is 6. The van der Waals surface area contributed by atoms with E-state index in [-0.39, 0.29) is 0 Å². The lowest BCUT2D eigenvalue weighted by Gasteiger charge is -2.18. The zero-order valence-corrected chi connectivity index (χ0v) is 52.3. The number of benzene rings is 8. The first-order valence-electron chi connectivity index (χ1n) is 29.7. The van der Waals surface area contributed by atoms with Gasteiger partial charge >= 0.3 is 0 Å². The van der Waals surface area contributed by atoms with Crippen LogP contribution in [-0.4, -0.2) is 39.3 Å². The Labute approximate surface area is 501 Å². The molecule has 0 bridgehead atoms. The van der Waals surface area contributed by atoms with E-state index in [4.69, 9.17) is 34.9 Å². The number of aryl methyl sites for hydroxylation is 4. The third kappa shape index (κ3) is 14.7. The third-order valence-corrected chi connectivity index (χ3v) is 15.3. The molecule has 0 fully saturated rings. The molecule has 0 saturated carbocycles. The molecule has 0 amide bonds. The SMILES string of the molecule is CC(=Nc1c(C(C)C)cccc1C(C)C)C(C)=Nc1c(C(C)C)cccc1C(C)C.CC(=Nc1c(C)cccc1C)c1cccc(C(C)=Nc2c(C)cccc2C)n1.c1ccc(N=C2C(=Nc3ccccc3)c3cccc4cccc2c34)cc1. The number of hydrogen-bond acceptors (Lipinski definition) is 7. The molecule has 1 aromatic heterocycles. The van der Waals surface area contributed by atoms with Gasteiger partial charge in [0.25, 0.3) is 0 Å². The fourth-order valence-electron chi connectivity index (χ4n) is 10.5. The van der Waals surface area contributed by atoms with E-state index in [2.05, 4.69) is 206 Å². The Kier molecular flexibility index (Phi) is 20.4. The van der Waals surface area contributed by atoms with Gasteiger partial charge in [0, 0.05) is 16.5 Å². The maximum Gasteiger partial charge on any atom is 0.0978 e. The van der Waals surface area contributed by atoms with Crippen molar-refractivity contribution in [1.82, 2.24) is 4.98 Å². The topological polar surface area (TPSA) is 87.0 Å². The molecule has 1 aliphatic rings. The Morgan fingerprint density at radius 1 is 0.321 bits per heavy atom. The van der Waals surface area contributed by atoms with Crippen LogP contribution in [0.1, 0.15) is 174 Å². The second-order valence-corrected chi connectivity index (χ2v) is 23.2. The van der Waals surface area contributed by atoms with Crippen LogP contribution in [0.4, 0.5) is 34.1 Å². The van der Waals surface area contributed by atoms with Crippen molar-refractivity contribution < 1.29 is 0 Å². The summed E-state index contributed by atoms with van der Waals surface area (Å²) in [5.74, 6) is 1.73. The van der Waals surface area contributed by atoms with Gasteiger partial charge in [0.2, 0.25) is 0 Å². The van der Waals surface area contributed by atoms with Gasteiger partial charge in [0.15, 0.2) is 0 Å². The van der Waals surface area contributed by atoms with E-state index in [1.54, 1.807) is 0 Å². The highest BCUT2D eigenvalue weighted by atomic mass is 14.9. The third-order valence-electron chi connectivity index (χ3n) is 15.3. The van der Waals surface area contributed by atoms with E-state index in [9.17, 15) is 0 Å². The lowest BCUT2D eigenvalue weighted by Crippen LogP contribution is -2.10. The van der Waals surface area contributed by atoms with Crippen LogP contribution in [0, 0.1) is 27.7 Å². The summed E-state index contributed by atoms with van der Waals surface area (Å²) in [4.78, 5) is 34.7. The first-order chi connectivity index (χ1) is 40.3. The second kappa shape index (κ2) is 28.0. The summed E-state index contributed by atoms with van der Waals surface area (Å²) in [5, 5.41) is 2.46. The van der Waals surface area contributed by atoms with Gasteiger partial charge in [-0.3, -0.25) is 20.0 Å². The molecule has 84 heavy (non-hydrogen) atoms. The normalized spacial score (nSPS) is 13.8. The summed E-state index contributed by atoms with van der Waals surface area (Å²) in [6.07, 6.45) is 0. The molecule has 0 atom stereocenters. The van der Waals surface area contributed by atoms with E-state index >= 15 is 0 Å². The molecule has 8 aromatic carbocycles. The Morgan fingerprint density at radius 2 is 0.631 bits per heavy atom. The Morgan fingerprint density at radius 3 is 0.964 bits per heavy atom. The minimum atomic E-state index is 0.432. The molecular formula is C77H83N7. The number of aliphatic imine (C=N–C) groups is 6. The molecule has 10 rings (SSSR count). The zero-order chi connectivity index (χ0) is 60.2. The van der Waals surface area contributed by atoms with Gasteiger partial charge in [-0.2, -0.15) is 0 Å². The fraction of sp³-hybridized carbons (Fsp3) is 0.260. The summed E-state index contributed by atoms with van der Waals surface area (Å²) >= 11 is 0. The van der Waals surface area contributed by atoms with Crippen LogP contribution in [0.2, 0.25) is 0 Å². The van der Waals surface area contributed by atoms with Crippen LogP contribution in [0.25, 0.3) is 10.8 Å². The molecule has 0 radical (unpaired) electrons. The quantitative estimate of drug-likeness (QED) is 0.106. The molecule has 0 aliphatic heterocycles. The molecule has 0 unspecified atom stereocenters. The average Bonchev–Trinajstić information content (AvgIpc) is 3.82. The predicted octanol–water partition coefficient (Wildman–Crippen LogP) is 21.8. The van der Waals surface area contributed by atoms with Crippen molar-refractivity contribution in [3.63, 3.8) is 0 Å². The van der Waals surface area contributed by atoms with Gasteiger partial charge in [-0.15, -0.1) is 0 Å². The molecule has 0 saturated heterocycles. The number of rotatable bonds is 13. The van der Waals surface area contributed by atoms with Crippen LogP contribution in [-0.2, 0) is 0 Å². The maximum atomic E-state index is 5.13. The molecule has 7 heteroatoms. The Bertz CT molecular complexity index is 3640. The average molecular weight is 1110 g/mol. The van der Waals surface area contributed by atoms with Gasteiger partial charge < -0.3 is 0 Å². The molecule has 7 nitrogen and oxygen atoms in total. The first kappa shape index (κ1) is 61.3. The molecule has 0 N–H and O–H groups in total. The van der Waals surface area contributed by atoms with Crippen LogP contribution in [0.3, 0.4) is 0 Å². The van der Waals surface area contributed by atoms with Gasteiger partial charge in [-0.05, 0) is 165 Å². The molecule has 1 heterocycles. The van der Waals surface area contributed by atoms with Crippen LogP contribution < -0.4 is 0 Å². The summed E-state index contributed by atoms with van der Waals surface area (Å²) in [7, 11) is 0. The summed E-state index contributed by atoms with van der Waals surface area (Å²) < 4.78 is 0. The minimum Gasteiger partial charge on any atom is -0.251 e. The Balaban J connectivity index is 0.000000165. The molecule has 9 aromatic rings. The van der Waals surface area contributed by atoms with E-state index in [1.807, 2.05) is 92.7 Å². The lowest BCUT2D eigenvalue weighted by molar-refractivity contribution is 0.834. The first-order valence-corrected chi connectivity index (χ1v) is 29.7. The van der Waals surface area contributed by atoms with Gasteiger partial charge in [-0.25, -0.2) is 15.0 Å². The highest BCUT2D eigenvalue weighted by molar-refractivity contribution is 6.61. The van der Waals surface area contributed by atoms with Crippen molar-refractivity contribution in [3.8, 4) is 0 Å². The van der Waals surface area contributed by atoms with Crippen molar-refractivity contribution in [1.29, 1.82) is 0 Å². The number of nitrogens with zero attached hydrogens (tertiary/aromatic N) is 7. The molecule has 426 valence electrons. The monoisotopic (exact) mass is 1110 g/mol. The van der Waals surface area contributed by atoms with Crippen LogP contribution >= 0.6 is 0 Å². The molecular weight excluding hydrogens is 1020 g/mol. The smallest absolute Gasteiger partial charge is 0.0978 e. The van der Waals surface area contributed by atoms with Gasteiger partial charge in [0.1, 0.15) is 0 Å². The minimum absolute atomic E-state index is 0.432. The van der Waals surface area contributed by atoms with Crippen molar-refractivity contribution in [2.75, 3.05) is 0 Å². The number of aromatic nitrogens is 1. The summed E-state index contributed by atoms with van der Waals surface area (Å²) in [6, 6.07) is 64.6. The lowest BCUT2D eigenvalue weighted by atomic mass is 9.92. The van der Waals surface area contributed by atoms with E-state index in [0.29, 0.717) is 23.7 Å². The van der Waals surface area contributed by atoms with E-state index < -0.39 is 0 Å². The summed E-state index contributed by atoms with van der Waals surface area (Å²) in [5.41, 5.74) is 25.7. The maximum absolute atomic E-state index is 5.13. The van der Waals surface area contributed by atoms with E-state index in [1.165, 1.54) is 55.3 Å². The van der Waals surface area contributed by atoms with Gasteiger partial charge in [0.05, 0.1) is 79.8 Å². The van der Waals surface area contributed by atoms with Crippen molar-refractivity contribution in [2.45, 2.75) is 134 Å². The highest BCUT2D eigenvalue weighted by Crippen LogP contribution is 2.38. The van der Waals surface area contributed by atoms with E-state index in [0.717, 1.165) is 90.9 Å². The van der Waals surface area contributed by atoms with Crippen LogP contribution in [0.5, 0.6) is 0 Å². The number of hydrogen-bond donors (Lipinski definition) is 0. The largest absolute Gasteiger partial charge is 0.251 e. The standard InChI is InChI=1S/C28H40N2.C25H27N3.C24H16N2/c1-17(2)23-13-11-14-24(18(3)4)27(23)29-21(9)22(10)30-28-25(19(5)6)15-12-16-26(28)20(7)8;1-16-10-7-11-17(2)24(16)26-20(5)22-14-9-15-23(28-22)21(6)27-25-18(3)12-8-13-19(25)4;1-3-11-18(12-4-1)25-23-20-15-7-9-17-10-8-16-21(22(17)20)24(23)26-19-13-5-2-6-14-19/h11-20H,1-10H3;7-15H,1-6H3;1-16H. The van der Waals surface area contributed by atoms with Crippen molar-refractivity contribution >= 4 is 79.2 Å². The Hall–Kier alpha value is -8.81. The number of pyridine rings is 1. The van der Waals surface area contributed by atoms with Crippen LogP contribution in [0.15, 0.2) is 218 Å². The predicted molar refractivity (Wildman–Crippen MR) is 364 cm³/mol. The van der Waals surface area contributed by atoms with Gasteiger partial charge in [-0.1, -0.05) is 207 Å². The zero-order valence-electron chi connectivity index (χ0n) is 52.3.